The molecule has 0 saturated carbocycles. The van der Waals surface area contributed by atoms with Gasteiger partial charge in [0.2, 0.25) is 0 Å². The number of rotatable bonds is 4. The van der Waals surface area contributed by atoms with Crippen LogP contribution in [0.15, 0.2) is 41.1 Å². The predicted octanol–water partition coefficient (Wildman–Crippen LogP) is 5.04. The van der Waals surface area contributed by atoms with Gasteiger partial charge in [-0.2, -0.15) is 0 Å². The van der Waals surface area contributed by atoms with Crippen molar-refractivity contribution in [2.24, 2.45) is 0 Å². The van der Waals surface area contributed by atoms with Crippen LogP contribution in [0.4, 0.5) is 0 Å². The van der Waals surface area contributed by atoms with Gasteiger partial charge in [-0.3, -0.25) is 4.90 Å². The lowest BCUT2D eigenvalue weighted by Gasteiger charge is -2.26. The van der Waals surface area contributed by atoms with Crippen LogP contribution in [-0.4, -0.2) is 31.2 Å². The van der Waals surface area contributed by atoms with Crippen LogP contribution >= 0.6 is 34.0 Å². The Balaban J connectivity index is 1.68. The molecule has 0 aliphatic carbocycles. The molecule has 0 bridgehead atoms. The van der Waals surface area contributed by atoms with E-state index in [1.807, 2.05) is 34.0 Å². The maximum atomic E-state index is 5.47. The summed E-state index contributed by atoms with van der Waals surface area (Å²) in [6, 6.07) is 11.1. The van der Waals surface area contributed by atoms with E-state index >= 15 is 0 Å². The van der Waals surface area contributed by atoms with E-state index in [0.29, 0.717) is 0 Å². The fraction of sp³-hybridized carbons (Fsp3) is 0.294. The van der Waals surface area contributed by atoms with Crippen molar-refractivity contribution in [2.45, 2.75) is 6.54 Å². The predicted molar refractivity (Wildman–Crippen MR) is 97.0 cm³/mol. The van der Waals surface area contributed by atoms with Gasteiger partial charge in [0.15, 0.2) is 0 Å². The molecule has 0 unspecified atom stereocenters. The number of ether oxygens (including phenoxy) is 1. The minimum absolute atomic E-state index is 0.857. The first-order valence-electron chi connectivity index (χ1n) is 7.41. The Kier molecular flexibility index (Phi) is 4.41. The second-order valence-corrected chi connectivity index (χ2v) is 8.26. The van der Waals surface area contributed by atoms with Crippen LogP contribution in [-0.2, 0) is 11.3 Å². The zero-order valence-electron chi connectivity index (χ0n) is 12.2. The lowest BCUT2D eigenvalue weighted by molar-refractivity contribution is 0.0343. The third kappa shape index (κ3) is 3.05. The molecular weight excluding hydrogens is 330 g/mol. The van der Waals surface area contributed by atoms with Gasteiger partial charge in [0, 0.05) is 39.1 Å². The van der Waals surface area contributed by atoms with E-state index in [0.717, 1.165) is 32.8 Å². The van der Waals surface area contributed by atoms with Gasteiger partial charge in [-0.15, -0.1) is 34.0 Å². The van der Waals surface area contributed by atoms with Crippen LogP contribution in [0.2, 0.25) is 0 Å². The second kappa shape index (κ2) is 6.64. The molecular formula is C17H17NOS3. The monoisotopic (exact) mass is 347 g/mol. The summed E-state index contributed by atoms with van der Waals surface area (Å²) in [6.07, 6.45) is 0. The molecule has 3 aromatic heterocycles. The largest absolute Gasteiger partial charge is 0.379 e. The van der Waals surface area contributed by atoms with Crippen molar-refractivity contribution in [3.8, 4) is 19.5 Å². The quantitative estimate of drug-likeness (QED) is 0.656. The summed E-state index contributed by atoms with van der Waals surface area (Å²) in [5.74, 6) is 0. The molecule has 0 aromatic carbocycles. The Bertz CT molecular complexity index is 709. The fourth-order valence-corrected chi connectivity index (χ4v) is 5.59. The average molecular weight is 348 g/mol. The number of morpholine rings is 1. The molecule has 1 aliphatic rings. The van der Waals surface area contributed by atoms with E-state index in [4.69, 9.17) is 4.74 Å². The van der Waals surface area contributed by atoms with E-state index in [9.17, 15) is 0 Å². The van der Waals surface area contributed by atoms with Crippen LogP contribution in [0, 0.1) is 0 Å². The Morgan fingerprint density at radius 1 is 0.955 bits per heavy atom. The first-order valence-corrected chi connectivity index (χ1v) is 9.98. The molecule has 2 nitrogen and oxygen atoms in total. The molecule has 5 heteroatoms. The van der Waals surface area contributed by atoms with E-state index in [-0.39, 0.29) is 0 Å². The van der Waals surface area contributed by atoms with Gasteiger partial charge >= 0.3 is 0 Å². The summed E-state index contributed by atoms with van der Waals surface area (Å²) in [4.78, 5) is 8.08. The highest BCUT2D eigenvalue weighted by molar-refractivity contribution is 7.26. The summed E-state index contributed by atoms with van der Waals surface area (Å²) in [5, 5.41) is 4.32. The molecule has 4 rings (SSSR count). The third-order valence-corrected chi connectivity index (χ3v) is 7.11. The average Bonchev–Trinajstić information content (AvgIpc) is 3.29. The molecule has 114 valence electrons. The van der Waals surface area contributed by atoms with Gasteiger partial charge < -0.3 is 4.74 Å². The van der Waals surface area contributed by atoms with E-state index in [1.54, 1.807) is 0 Å². The minimum Gasteiger partial charge on any atom is -0.379 e. The highest BCUT2D eigenvalue weighted by atomic mass is 32.1. The molecule has 0 N–H and O–H groups in total. The fourth-order valence-electron chi connectivity index (χ4n) is 2.70. The third-order valence-electron chi connectivity index (χ3n) is 3.82. The molecule has 22 heavy (non-hydrogen) atoms. The second-order valence-electron chi connectivity index (χ2n) is 5.31. The zero-order valence-corrected chi connectivity index (χ0v) is 14.6. The van der Waals surface area contributed by atoms with Crippen molar-refractivity contribution in [3.05, 3.63) is 46.7 Å². The number of hydrogen-bond donors (Lipinski definition) is 0. The van der Waals surface area contributed by atoms with Gasteiger partial charge in [-0.1, -0.05) is 12.1 Å². The maximum Gasteiger partial charge on any atom is 0.0594 e. The molecule has 0 amide bonds. The SMILES string of the molecule is c1csc(-c2cc(CN3CCOCC3)c(-c3cccs3)s2)c1. The van der Waals surface area contributed by atoms with Gasteiger partial charge in [0.1, 0.15) is 0 Å². The molecule has 4 heterocycles. The van der Waals surface area contributed by atoms with Gasteiger partial charge in [0.05, 0.1) is 13.2 Å². The van der Waals surface area contributed by atoms with Crippen molar-refractivity contribution < 1.29 is 4.74 Å². The molecule has 0 spiro atoms. The molecule has 1 fully saturated rings. The van der Waals surface area contributed by atoms with Crippen LogP contribution in [0.5, 0.6) is 0 Å². The summed E-state index contributed by atoms with van der Waals surface area (Å²) >= 11 is 5.58. The summed E-state index contributed by atoms with van der Waals surface area (Å²) in [5.41, 5.74) is 1.46. The Morgan fingerprint density at radius 2 is 1.68 bits per heavy atom. The smallest absolute Gasteiger partial charge is 0.0594 e. The topological polar surface area (TPSA) is 12.5 Å². The first kappa shape index (κ1) is 14.6. The van der Waals surface area contributed by atoms with Gasteiger partial charge in [-0.25, -0.2) is 0 Å². The summed E-state index contributed by atoms with van der Waals surface area (Å²) in [7, 11) is 0. The van der Waals surface area contributed by atoms with Crippen LogP contribution in [0.1, 0.15) is 5.56 Å². The van der Waals surface area contributed by atoms with Crippen LogP contribution < -0.4 is 0 Å². The molecule has 3 aromatic rings. The zero-order chi connectivity index (χ0) is 14.8. The summed E-state index contributed by atoms with van der Waals surface area (Å²) < 4.78 is 5.47. The van der Waals surface area contributed by atoms with Crippen molar-refractivity contribution in [1.29, 1.82) is 0 Å². The van der Waals surface area contributed by atoms with Gasteiger partial charge in [-0.05, 0) is 34.5 Å². The van der Waals surface area contributed by atoms with Crippen molar-refractivity contribution in [3.63, 3.8) is 0 Å². The molecule has 1 aliphatic heterocycles. The number of thiophene rings is 3. The van der Waals surface area contributed by atoms with E-state index in [2.05, 4.69) is 46.0 Å². The minimum atomic E-state index is 0.857. The highest BCUT2D eigenvalue weighted by Gasteiger charge is 2.18. The molecule has 1 saturated heterocycles. The lowest BCUT2D eigenvalue weighted by Crippen LogP contribution is -2.35. The van der Waals surface area contributed by atoms with Crippen molar-refractivity contribution in [2.75, 3.05) is 26.3 Å². The Morgan fingerprint density at radius 3 is 2.36 bits per heavy atom. The molecule has 0 radical (unpaired) electrons. The summed E-state index contributed by atoms with van der Waals surface area (Å²) in [6.45, 7) is 4.81. The van der Waals surface area contributed by atoms with Gasteiger partial charge in [0.25, 0.3) is 0 Å². The van der Waals surface area contributed by atoms with E-state index < -0.39 is 0 Å². The Hall–Kier alpha value is -0.980. The van der Waals surface area contributed by atoms with Crippen molar-refractivity contribution in [1.82, 2.24) is 4.90 Å². The standard InChI is InChI=1S/C17H17NOS3/c1-3-14(20-9-1)16-11-13(12-18-5-7-19-8-6-18)17(22-16)15-4-2-10-21-15/h1-4,9-11H,5-8,12H2. The number of nitrogens with zero attached hydrogens (tertiary/aromatic N) is 1. The molecule has 0 atom stereocenters. The normalized spacial score (nSPS) is 16.2. The Labute approximate surface area is 142 Å². The number of hydrogen-bond acceptors (Lipinski definition) is 5. The van der Waals surface area contributed by atoms with Crippen LogP contribution in [0.25, 0.3) is 19.5 Å². The maximum absolute atomic E-state index is 5.47. The first-order chi connectivity index (χ1) is 10.9. The highest BCUT2D eigenvalue weighted by Crippen LogP contribution is 2.41. The van der Waals surface area contributed by atoms with Crippen LogP contribution in [0.3, 0.4) is 0 Å². The van der Waals surface area contributed by atoms with E-state index in [1.165, 1.54) is 25.1 Å². The van der Waals surface area contributed by atoms with Crippen molar-refractivity contribution >= 4 is 34.0 Å². The lowest BCUT2D eigenvalue weighted by atomic mass is 10.2.